The number of benzene rings is 2. The number of amides is 1. The van der Waals surface area contributed by atoms with E-state index in [0.29, 0.717) is 18.7 Å². The number of nitrogens with zero attached hydrogens (tertiary/aromatic N) is 2. The summed E-state index contributed by atoms with van der Waals surface area (Å²) in [5.74, 6) is -0.324. The molecule has 0 unspecified atom stereocenters. The monoisotopic (exact) mass is 375 g/mol. The Hall–Kier alpha value is -3.74. The quantitative estimate of drug-likeness (QED) is 0.479. The summed E-state index contributed by atoms with van der Waals surface area (Å²) in [6.07, 6.45) is 4.18. The molecule has 2 aromatic heterocycles. The molecule has 2 aromatic carbocycles. The van der Waals surface area contributed by atoms with Crippen molar-refractivity contribution in [2.24, 2.45) is 0 Å². The lowest BCUT2D eigenvalue weighted by atomic mass is 10.1. The second kappa shape index (κ2) is 7.87. The molecule has 28 heavy (non-hydrogen) atoms. The second-order valence-corrected chi connectivity index (χ2v) is 6.26. The summed E-state index contributed by atoms with van der Waals surface area (Å²) in [6, 6.07) is 15.4. The van der Waals surface area contributed by atoms with E-state index in [2.05, 4.69) is 31.7 Å². The van der Waals surface area contributed by atoms with Gasteiger partial charge in [-0.15, -0.1) is 0 Å². The Balaban J connectivity index is 1.37. The summed E-state index contributed by atoms with van der Waals surface area (Å²) in [5, 5.41) is 6.99. The van der Waals surface area contributed by atoms with E-state index in [0.717, 1.165) is 16.5 Å². The molecular weight excluding hydrogens is 357 g/mol. The molecular formula is C21H18FN5O. The van der Waals surface area contributed by atoms with Gasteiger partial charge in [0.25, 0.3) is 5.91 Å². The van der Waals surface area contributed by atoms with Gasteiger partial charge in [-0.05, 0) is 48.4 Å². The zero-order valence-corrected chi connectivity index (χ0v) is 14.9. The molecule has 2 heterocycles. The van der Waals surface area contributed by atoms with Crippen molar-refractivity contribution in [1.82, 2.24) is 20.3 Å². The topological polar surface area (TPSA) is 82.7 Å². The van der Waals surface area contributed by atoms with Crippen molar-refractivity contribution in [3.63, 3.8) is 0 Å². The molecule has 0 aliphatic carbocycles. The summed E-state index contributed by atoms with van der Waals surface area (Å²) in [5.41, 5.74) is 3.13. The summed E-state index contributed by atoms with van der Waals surface area (Å²) >= 11 is 0. The zero-order valence-electron chi connectivity index (χ0n) is 14.9. The Bertz CT molecular complexity index is 1110. The Kier molecular flexibility index (Phi) is 4.97. The molecule has 3 N–H and O–H groups in total. The average Bonchev–Trinajstić information content (AvgIpc) is 3.13. The minimum Gasteiger partial charge on any atom is -0.361 e. The van der Waals surface area contributed by atoms with Crippen molar-refractivity contribution in [2.75, 3.05) is 11.9 Å². The summed E-state index contributed by atoms with van der Waals surface area (Å²) in [4.78, 5) is 23.9. The molecule has 0 radical (unpaired) electrons. The summed E-state index contributed by atoms with van der Waals surface area (Å²) in [7, 11) is 0. The van der Waals surface area contributed by atoms with E-state index in [9.17, 15) is 9.18 Å². The number of para-hydroxylation sites is 1. The van der Waals surface area contributed by atoms with Gasteiger partial charge in [-0.1, -0.05) is 18.2 Å². The van der Waals surface area contributed by atoms with Crippen molar-refractivity contribution in [1.29, 1.82) is 0 Å². The fourth-order valence-electron chi connectivity index (χ4n) is 2.95. The lowest BCUT2D eigenvalue weighted by molar-refractivity contribution is 0.0949. The largest absolute Gasteiger partial charge is 0.361 e. The first-order valence-electron chi connectivity index (χ1n) is 8.88. The van der Waals surface area contributed by atoms with E-state index in [1.807, 2.05) is 24.4 Å². The maximum Gasteiger partial charge on any atom is 0.270 e. The Labute approximate surface area is 160 Å². The van der Waals surface area contributed by atoms with Crippen LogP contribution in [0.5, 0.6) is 0 Å². The van der Waals surface area contributed by atoms with Gasteiger partial charge in [-0.25, -0.2) is 14.4 Å². The van der Waals surface area contributed by atoms with Crippen LogP contribution in [0.3, 0.4) is 0 Å². The Morgan fingerprint density at radius 3 is 2.75 bits per heavy atom. The highest BCUT2D eigenvalue weighted by atomic mass is 19.1. The molecule has 7 heteroatoms. The van der Waals surface area contributed by atoms with Gasteiger partial charge >= 0.3 is 0 Å². The van der Waals surface area contributed by atoms with Crippen molar-refractivity contribution in [3.8, 4) is 0 Å². The third-order valence-corrected chi connectivity index (χ3v) is 4.34. The van der Waals surface area contributed by atoms with Crippen LogP contribution >= 0.6 is 0 Å². The number of halogens is 1. The number of aromatic amines is 1. The van der Waals surface area contributed by atoms with Crippen molar-refractivity contribution in [2.45, 2.75) is 6.42 Å². The fourth-order valence-corrected chi connectivity index (χ4v) is 2.95. The van der Waals surface area contributed by atoms with Crippen LogP contribution in [-0.2, 0) is 6.42 Å². The number of carbonyl (C=O) groups is 1. The number of nitrogens with one attached hydrogen (secondary N) is 3. The normalized spacial score (nSPS) is 10.8. The van der Waals surface area contributed by atoms with Gasteiger partial charge in [0.1, 0.15) is 11.5 Å². The fraction of sp³-hybridized carbons (Fsp3) is 0.0952. The number of aromatic nitrogens is 3. The Morgan fingerprint density at radius 1 is 1.07 bits per heavy atom. The number of hydrogen-bond acceptors (Lipinski definition) is 4. The number of carbonyl (C=O) groups excluding carboxylic acids is 1. The van der Waals surface area contributed by atoms with Crippen LogP contribution in [0.4, 0.5) is 16.0 Å². The van der Waals surface area contributed by atoms with Crippen LogP contribution in [0, 0.1) is 5.82 Å². The van der Waals surface area contributed by atoms with E-state index in [4.69, 9.17) is 0 Å². The first-order valence-corrected chi connectivity index (χ1v) is 8.88. The predicted molar refractivity (Wildman–Crippen MR) is 106 cm³/mol. The van der Waals surface area contributed by atoms with Crippen molar-refractivity contribution in [3.05, 3.63) is 84.1 Å². The van der Waals surface area contributed by atoms with E-state index < -0.39 is 0 Å². The molecule has 0 fully saturated rings. The second-order valence-electron chi connectivity index (χ2n) is 6.26. The minimum absolute atomic E-state index is 0.263. The number of anilines is 2. The molecule has 0 atom stereocenters. The van der Waals surface area contributed by atoms with Gasteiger partial charge in [-0.3, -0.25) is 4.79 Å². The number of rotatable bonds is 6. The molecule has 4 rings (SSSR count). The van der Waals surface area contributed by atoms with Crippen LogP contribution in [0.2, 0.25) is 0 Å². The molecule has 0 spiro atoms. The van der Waals surface area contributed by atoms with Crippen molar-refractivity contribution >= 4 is 28.4 Å². The highest BCUT2D eigenvalue weighted by molar-refractivity contribution is 5.92. The maximum absolute atomic E-state index is 13.0. The van der Waals surface area contributed by atoms with E-state index >= 15 is 0 Å². The smallest absolute Gasteiger partial charge is 0.270 e. The van der Waals surface area contributed by atoms with Crippen LogP contribution in [-0.4, -0.2) is 27.4 Å². The zero-order chi connectivity index (χ0) is 19.3. The molecule has 1 amide bonds. The van der Waals surface area contributed by atoms with Gasteiger partial charge < -0.3 is 15.6 Å². The third kappa shape index (κ3) is 3.98. The molecule has 0 saturated heterocycles. The van der Waals surface area contributed by atoms with Gasteiger partial charge in [0.2, 0.25) is 5.95 Å². The number of H-pyrrole nitrogens is 1. The highest BCUT2D eigenvalue weighted by Crippen LogP contribution is 2.18. The first kappa shape index (κ1) is 17.7. The number of fused-ring (bicyclic) bond motifs is 1. The molecule has 0 aliphatic rings. The Morgan fingerprint density at radius 2 is 1.89 bits per heavy atom. The summed E-state index contributed by atoms with van der Waals surface area (Å²) in [6.45, 7) is 0.491. The molecule has 0 bridgehead atoms. The molecule has 4 aromatic rings. The molecule has 6 nitrogen and oxygen atoms in total. The van der Waals surface area contributed by atoms with Gasteiger partial charge in [0.15, 0.2) is 0 Å². The van der Waals surface area contributed by atoms with E-state index in [1.54, 1.807) is 18.2 Å². The third-order valence-electron chi connectivity index (χ3n) is 4.34. The number of hydrogen-bond donors (Lipinski definition) is 3. The lowest BCUT2D eigenvalue weighted by Gasteiger charge is -2.07. The maximum atomic E-state index is 13.0. The van der Waals surface area contributed by atoms with Crippen molar-refractivity contribution < 1.29 is 9.18 Å². The molecule has 140 valence electrons. The van der Waals surface area contributed by atoms with E-state index in [1.165, 1.54) is 18.3 Å². The SMILES string of the molecule is O=C(NCCc1c[nH]c2ccccc12)c1ccnc(Nc2ccc(F)cc2)n1. The van der Waals surface area contributed by atoms with Gasteiger partial charge in [-0.2, -0.15) is 0 Å². The lowest BCUT2D eigenvalue weighted by Crippen LogP contribution is -2.26. The van der Waals surface area contributed by atoms with Crippen LogP contribution in [0.15, 0.2) is 67.0 Å². The first-order chi connectivity index (χ1) is 13.7. The van der Waals surface area contributed by atoms with Gasteiger partial charge in [0, 0.05) is 35.5 Å². The van der Waals surface area contributed by atoms with Crippen LogP contribution < -0.4 is 10.6 Å². The minimum atomic E-state index is -0.324. The highest BCUT2D eigenvalue weighted by Gasteiger charge is 2.10. The standard InChI is InChI=1S/C21H18FN5O/c22-15-5-7-16(8-6-15)26-21-24-12-10-19(27-21)20(28)23-11-9-14-13-25-18-4-2-1-3-17(14)18/h1-8,10,12-13,25H,9,11H2,(H,23,28)(H,24,26,27). The van der Waals surface area contributed by atoms with E-state index in [-0.39, 0.29) is 23.4 Å². The van der Waals surface area contributed by atoms with Crippen LogP contribution in [0.1, 0.15) is 16.1 Å². The molecule has 0 aliphatic heterocycles. The predicted octanol–water partition coefficient (Wildman–Crippen LogP) is 3.81. The average molecular weight is 375 g/mol. The van der Waals surface area contributed by atoms with Gasteiger partial charge in [0.05, 0.1) is 0 Å². The molecule has 0 saturated carbocycles. The van der Waals surface area contributed by atoms with Crippen LogP contribution in [0.25, 0.3) is 10.9 Å². The summed E-state index contributed by atoms with van der Waals surface area (Å²) < 4.78 is 13.0.